The normalized spacial score (nSPS) is 12.1. The lowest BCUT2D eigenvalue weighted by atomic mass is 9.74. The third-order valence-electron chi connectivity index (χ3n) is 5.76. The molecule has 7 nitrogen and oxygen atoms in total. The number of hydrogen-bond acceptors (Lipinski definition) is 8. The monoisotopic (exact) mass is 476 g/mol. The summed E-state index contributed by atoms with van der Waals surface area (Å²) < 4.78 is 0. The molecule has 0 unspecified atom stereocenters. The molecule has 0 amide bonds. The molecule has 1 aliphatic rings. The number of thiocarbonyl (C=S) groups is 1. The molecule has 2 aromatic rings. The van der Waals surface area contributed by atoms with Gasteiger partial charge in [0, 0.05) is 55.6 Å². The summed E-state index contributed by atoms with van der Waals surface area (Å²) in [6.45, 7) is 7.15. The average Bonchev–Trinajstić information content (AvgIpc) is 2.73. The fourth-order valence-corrected chi connectivity index (χ4v) is 4.83. The quantitative estimate of drug-likeness (QED) is 0.383. The van der Waals surface area contributed by atoms with Gasteiger partial charge in [0.25, 0.3) is 0 Å². The number of carbonyl (C=O) groups is 7. The van der Waals surface area contributed by atoms with Crippen molar-refractivity contribution in [2.24, 2.45) is 0 Å². The van der Waals surface area contributed by atoms with Crippen molar-refractivity contribution in [1.29, 1.82) is 0 Å². The zero-order chi connectivity index (χ0) is 25.8. The molecular formula is C26H20O7S. The third-order valence-corrected chi connectivity index (χ3v) is 6.19. The van der Waals surface area contributed by atoms with Gasteiger partial charge in [-0.2, -0.15) is 0 Å². The van der Waals surface area contributed by atoms with Crippen molar-refractivity contribution >= 4 is 57.6 Å². The van der Waals surface area contributed by atoms with Gasteiger partial charge in [0.1, 0.15) is 0 Å². The minimum Gasteiger partial charge on any atom is -0.294 e. The molecule has 0 bridgehead atoms. The second kappa shape index (κ2) is 8.53. The third kappa shape index (κ3) is 3.60. The summed E-state index contributed by atoms with van der Waals surface area (Å²) in [6, 6.07) is 2.48. The first-order valence-electron chi connectivity index (χ1n) is 10.3. The van der Waals surface area contributed by atoms with Crippen LogP contribution in [-0.4, -0.2) is 45.3 Å². The van der Waals surface area contributed by atoms with Crippen LogP contribution in [0.1, 0.15) is 131 Å². The number of fused-ring (bicyclic) bond motifs is 2. The Hall–Kier alpha value is -3.78. The first kappa shape index (κ1) is 24.9. The largest absolute Gasteiger partial charge is 0.294 e. The minimum atomic E-state index is -0.735. The fraction of sp³-hybridized carbons (Fsp3) is 0.231. The Balaban J connectivity index is 2.63. The number of ketones is 7. The van der Waals surface area contributed by atoms with E-state index in [1.54, 1.807) is 0 Å². The van der Waals surface area contributed by atoms with Crippen molar-refractivity contribution in [1.82, 2.24) is 0 Å². The summed E-state index contributed by atoms with van der Waals surface area (Å²) in [5, 5.41) is 0. The standard InChI is InChI=1S/C26H20O7S/c1-9(27)15-7-17-24(22(14(6)32)20(15)12(4)30)26(34)18-8-16(10(2)28)19(11(3)29)21(13(5)31)23(18)25(17)33/h7-8H,1-6H3. The van der Waals surface area contributed by atoms with Crippen molar-refractivity contribution in [2.45, 2.75) is 41.5 Å². The summed E-state index contributed by atoms with van der Waals surface area (Å²) in [4.78, 5) is 88.7. The molecule has 0 N–H and O–H groups in total. The van der Waals surface area contributed by atoms with E-state index >= 15 is 0 Å². The highest BCUT2D eigenvalue weighted by Crippen LogP contribution is 2.38. The Labute approximate surface area is 200 Å². The number of rotatable bonds is 6. The van der Waals surface area contributed by atoms with E-state index in [9.17, 15) is 33.6 Å². The smallest absolute Gasteiger partial charge is 0.195 e. The highest BCUT2D eigenvalue weighted by Gasteiger charge is 2.39. The van der Waals surface area contributed by atoms with Gasteiger partial charge < -0.3 is 0 Å². The molecule has 1 aliphatic carbocycles. The van der Waals surface area contributed by atoms with Gasteiger partial charge in [-0.1, -0.05) is 12.2 Å². The lowest BCUT2D eigenvalue weighted by Crippen LogP contribution is -2.30. The van der Waals surface area contributed by atoms with Gasteiger partial charge in [0.05, 0.1) is 4.86 Å². The summed E-state index contributed by atoms with van der Waals surface area (Å²) in [7, 11) is 0. The number of hydrogen-bond donors (Lipinski definition) is 0. The van der Waals surface area contributed by atoms with Gasteiger partial charge >= 0.3 is 0 Å². The second-order valence-corrected chi connectivity index (χ2v) is 8.60. The van der Waals surface area contributed by atoms with Crippen LogP contribution in [0, 0.1) is 0 Å². The Morgan fingerprint density at radius 1 is 0.529 bits per heavy atom. The highest BCUT2D eigenvalue weighted by atomic mass is 32.1. The summed E-state index contributed by atoms with van der Waals surface area (Å²) in [5.41, 5.74) is -1.17. The molecule has 0 heterocycles. The second-order valence-electron chi connectivity index (χ2n) is 8.19. The van der Waals surface area contributed by atoms with E-state index in [-0.39, 0.29) is 60.5 Å². The molecule has 0 aliphatic heterocycles. The van der Waals surface area contributed by atoms with Crippen LogP contribution in [0.25, 0.3) is 0 Å². The highest BCUT2D eigenvalue weighted by molar-refractivity contribution is 7.81. The molecule has 0 atom stereocenters. The maximum absolute atomic E-state index is 13.7. The predicted molar refractivity (Wildman–Crippen MR) is 127 cm³/mol. The molecular weight excluding hydrogens is 456 g/mol. The molecule has 0 saturated carbocycles. The Morgan fingerprint density at radius 2 is 0.882 bits per heavy atom. The summed E-state index contributed by atoms with van der Waals surface area (Å²) in [6.07, 6.45) is 0. The van der Waals surface area contributed by atoms with Crippen molar-refractivity contribution in [3.63, 3.8) is 0 Å². The van der Waals surface area contributed by atoms with E-state index in [0.717, 1.165) is 0 Å². The topological polar surface area (TPSA) is 119 Å². The van der Waals surface area contributed by atoms with Crippen molar-refractivity contribution < 1.29 is 33.6 Å². The van der Waals surface area contributed by atoms with Crippen molar-refractivity contribution in [2.75, 3.05) is 0 Å². The fourth-order valence-electron chi connectivity index (χ4n) is 4.46. The molecule has 0 saturated heterocycles. The Bertz CT molecular complexity index is 1330. The van der Waals surface area contributed by atoms with Gasteiger partial charge in [-0.25, -0.2) is 0 Å². The van der Waals surface area contributed by atoms with Gasteiger partial charge in [0.2, 0.25) is 0 Å². The number of carbonyl (C=O) groups excluding carboxylic acids is 7. The van der Waals surface area contributed by atoms with Crippen LogP contribution in [0.15, 0.2) is 12.1 Å². The van der Waals surface area contributed by atoms with Crippen LogP contribution in [0.2, 0.25) is 0 Å². The predicted octanol–water partition coefficient (Wildman–Crippen LogP) is 4.21. The lowest BCUT2D eigenvalue weighted by Gasteiger charge is -2.27. The van der Waals surface area contributed by atoms with E-state index in [0.29, 0.717) is 0 Å². The Kier molecular flexibility index (Phi) is 6.24. The molecule has 3 rings (SSSR count). The molecule has 0 aromatic heterocycles. The van der Waals surface area contributed by atoms with E-state index in [1.165, 1.54) is 53.7 Å². The van der Waals surface area contributed by atoms with E-state index in [2.05, 4.69) is 0 Å². The van der Waals surface area contributed by atoms with Crippen LogP contribution in [0.5, 0.6) is 0 Å². The number of Topliss-reactive ketones (excluding diaryl/α,β-unsaturated/α-hetero) is 6. The van der Waals surface area contributed by atoms with Gasteiger partial charge in [-0.15, -0.1) is 0 Å². The van der Waals surface area contributed by atoms with Crippen LogP contribution in [0.3, 0.4) is 0 Å². The SMILES string of the molecule is CC(=O)c1cc2c(c(C(C)=O)c1C(C)=O)C(=O)c1cc(C(C)=O)c(C(C)=O)c(C(C)=O)c1C2=S. The van der Waals surface area contributed by atoms with Gasteiger partial charge in [0.15, 0.2) is 40.5 Å². The molecule has 172 valence electrons. The zero-order valence-electron chi connectivity index (χ0n) is 19.4. The van der Waals surface area contributed by atoms with Crippen LogP contribution in [0.4, 0.5) is 0 Å². The maximum atomic E-state index is 13.7. The van der Waals surface area contributed by atoms with E-state index in [4.69, 9.17) is 12.2 Å². The van der Waals surface area contributed by atoms with Gasteiger partial charge in [-0.3, -0.25) is 33.6 Å². The summed E-state index contributed by atoms with van der Waals surface area (Å²) >= 11 is 5.62. The molecule has 0 radical (unpaired) electrons. The first-order chi connectivity index (χ1) is 15.7. The molecule has 8 heteroatoms. The number of benzene rings is 2. The lowest BCUT2D eigenvalue weighted by molar-refractivity contribution is 0.0959. The average molecular weight is 477 g/mol. The van der Waals surface area contributed by atoms with Crippen LogP contribution >= 0.6 is 12.2 Å². The van der Waals surface area contributed by atoms with Gasteiger partial charge in [-0.05, 0) is 53.7 Å². The molecule has 2 aromatic carbocycles. The molecule has 0 fully saturated rings. The Morgan fingerprint density at radius 3 is 1.24 bits per heavy atom. The zero-order valence-corrected chi connectivity index (χ0v) is 20.2. The molecule has 34 heavy (non-hydrogen) atoms. The van der Waals surface area contributed by atoms with E-state index in [1.807, 2.05) is 0 Å². The van der Waals surface area contributed by atoms with Crippen LogP contribution in [-0.2, 0) is 0 Å². The van der Waals surface area contributed by atoms with Crippen molar-refractivity contribution in [3.8, 4) is 0 Å². The summed E-state index contributed by atoms with van der Waals surface area (Å²) in [5.74, 6) is -4.13. The van der Waals surface area contributed by atoms with Crippen molar-refractivity contribution in [3.05, 3.63) is 67.8 Å². The first-order valence-corrected chi connectivity index (χ1v) is 10.7. The maximum Gasteiger partial charge on any atom is 0.195 e. The molecule has 0 spiro atoms. The minimum absolute atomic E-state index is 0.00483. The van der Waals surface area contributed by atoms with E-state index < -0.39 is 40.5 Å². The van der Waals surface area contributed by atoms with Crippen LogP contribution < -0.4 is 0 Å².